The van der Waals surface area contributed by atoms with E-state index in [-0.39, 0.29) is 36.9 Å². The van der Waals surface area contributed by atoms with E-state index >= 15 is 0 Å². The normalized spacial score (nSPS) is 14.3. The zero-order chi connectivity index (χ0) is 13.6. The third-order valence-electron chi connectivity index (χ3n) is 2.75. The summed E-state index contributed by atoms with van der Waals surface area (Å²) in [6.45, 7) is 5.19. The van der Waals surface area contributed by atoms with E-state index in [4.69, 9.17) is 10.8 Å². The topological polar surface area (TPSA) is 95.7 Å². The lowest BCUT2D eigenvalue weighted by Crippen LogP contribution is -2.48. The summed E-state index contributed by atoms with van der Waals surface area (Å²) in [7, 11) is 1.58. The molecule has 0 aromatic rings. The van der Waals surface area contributed by atoms with Gasteiger partial charge in [0.25, 0.3) is 0 Å². The first kappa shape index (κ1) is 15.9. The highest BCUT2D eigenvalue weighted by atomic mass is 16.3. The van der Waals surface area contributed by atoms with E-state index in [1.807, 2.05) is 13.8 Å². The van der Waals surface area contributed by atoms with Gasteiger partial charge in [-0.05, 0) is 12.8 Å². The van der Waals surface area contributed by atoms with Crippen LogP contribution in [0, 0.1) is 5.92 Å². The van der Waals surface area contributed by atoms with Crippen molar-refractivity contribution in [3.63, 3.8) is 0 Å². The zero-order valence-electron chi connectivity index (χ0n) is 10.9. The molecule has 17 heavy (non-hydrogen) atoms. The van der Waals surface area contributed by atoms with Crippen molar-refractivity contribution in [2.24, 2.45) is 11.7 Å². The van der Waals surface area contributed by atoms with Gasteiger partial charge in [0.15, 0.2) is 0 Å². The summed E-state index contributed by atoms with van der Waals surface area (Å²) < 4.78 is 0. The lowest BCUT2D eigenvalue weighted by Gasteiger charge is -2.23. The molecule has 0 bridgehead atoms. The lowest BCUT2D eigenvalue weighted by molar-refractivity contribution is -0.134. The summed E-state index contributed by atoms with van der Waals surface area (Å²) in [6, 6.07) is -0.874. The third-order valence-corrected chi connectivity index (χ3v) is 2.75. The molecule has 0 saturated heterocycles. The first-order valence-corrected chi connectivity index (χ1v) is 5.71. The predicted octanol–water partition coefficient (Wildman–Crippen LogP) is -1.07. The van der Waals surface area contributed by atoms with Crippen molar-refractivity contribution in [1.29, 1.82) is 0 Å². The summed E-state index contributed by atoms with van der Waals surface area (Å²) in [5.74, 6) is -0.562. The van der Waals surface area contributed by atoms with Crippen LogP contribution in [0.5, 0.6) is 0 Å². The average molecular weight is 245 g/mol. The number of nitrogens with zero attached hydrogens (tertiary/aromatic N) is 1. The van der Waals surface area contributed by atoms with Crippen LogP contribution in [-0.2, 0) is 9.59 Å². The monoisotopic (exact) mass is 245 g/mol. The van der Waals surface area contributed by atoms with Crippen molar-refractivity contribution in [3.05, 3.63) is 0 Å². The van der Waals surface area contributed by atoms with E-state index < -0.39 is 6.04 Å². The van der Waals surface area contributed by atoms with E-state index in [9.17, 15) is 9.59 Å². The summed E-state index contributed by atoms with van der Waals surface area (Å²) in [6.07, 6.45) is 0. The Kier molecular flexibility index (Phi) is 6.75. The number of rotatable bonds is 6. The molecule has 0 aliphatic rings. The lowest BCUT2D eigenvalue weighted by atomic mass is 10.1. The summed E-state index contributed by atoms with van der Waals surface area (Å²) in [4.78, 5) is 24.5. The van der Waals surface area contributed by atoms with Gasteiger partial charge in [-0.3, -0.25) is 9.59 Å². The van der Waals surface area contributed by atoms with Gasteiger partial charge >= 0.3 is 0 Å². The molecule has 0 fully saturated rings. The van der Waals surface area contributed by atoms with Crippen molar-refractivity contribution in [2.75, 3.05) is 20.2 Å². The number of nitrogens with one attached hydrogen (secondary N) is 1. The van der Waals surface area contributed by atoms with Crippen LogP contribution < -0.4 is 11.1 Å². The molecular weight excluding hydrogens is 222 g/mol. The van der Waals surface area contributed by atoms with Gasteiger partial charge < -0.3 is 21.1 Å². The zero-order valence-corrected chi connectivity index (χ0v) is 10.9. The molecule has 2 amide bonds. The van der Waals surface area contributed by atoms with Gasteiger partial charge in [0, 0.05) is 7.05 Å². The van der Waals surface area contributed by atoms with Crippen LogP contribution in [0.1, 0.15) is 20.8 Å². The summed E-state index contributed by atoms with van der Waals surface area (Å²) in [5.41, 5.74) is 5.63. The van der Waals surface area contributed by atoms with Crippen molar-refractivity contribution in [1.82, 2.24) is 10.2 Å². The second kappa shape index (κ2) is 7.24. The van der Waals surface area contributed by atoms with Crippen LogP contribution in [0.15, 0.2) is 0 Å². The fourth-order valence-electron chi connectivity index (χ4n) is 1.08. The molecule has 1 unspecified atom stereocenters. The van der Waals surface area contributed by atoms with Gasteiger partial charge in [-0.25, -0.2) is 0 Å². The van der Waals surface area contributed by atoms with Crippen molar-refractivity contribution in [3.8, 4) is 0 Å². The number of aliphatic hydroxyl groups is 1. The minimum atomic E-state index is -0.608. The number of nitrogens with two attached hydrogens (primary N) is 1. The quantitative estimate of drug-likeness (QED) is 0.555. The molecule has 2 atom stereocenters. The van der Waals surface area contributed by atoms with E-state index in [0.29, 0.717) is 0 Å². The molecule has 100 valence electrons. The Balaban J connectivity index is 4.12. The van der Waals surface area contributed by atoms with Crippen LogP contribution in [0.4, 0.5) is 0 Å². The van der Waals surface area contributed by atoms with Crippen LogP contribution in [0.3, 0.4) is 0 Å². The maximum atomic E-state index is 11.6. The molecule has 0 aliphatic heterocycles. The van der Waals surface area contributed by atoms with Crippen molar-refractivity contribution < 1.29 is 14.7 Å². The highest BCUT2D eigenvalue weighted by molar-refractivity contribution is 5.87. The minimum Gasteiger partial charge on any atom is -0.394 e. The Hall–Kier alpha value is -1.14. The Labute approximate surface area is 102 Å². The van der Waals surface area contributed by atoms with Crippen LogP contribution in [0.2, 0.25) is 0 Å². The fraction of sp³-hybridized carbons (Fsp3) is 0.818. The molecule has 0 spiro atoms. The standard InChI is InChI=1S/C11H23N3O3/c1-7(2)10(12)11(17)13-5-9(16)14(4)8(3)6-15/h7-8,10,15H,5-6,12H2,1-4H3,(H,13,17)/t8?,10-/m0/s1. The number of hydrogen-bond donors (Lipinski definition) is 3. The summed E-state index contributed by atoms with van der Waals surface area (Å²) in [5, 5.41) is 11.4. The Morgan fingerprint density at radius 3 is 2.29 bits per heavy atom. The second-order valence-corrected chi connectivity index (χ2v) is 4.52. The highest BCUT2D eigenvalue weighted by Crippen LogP contribution is 1.98. The molecule has 0 aromatic carbocycles. The van der Waals surface area contributed by atoms with Crippen LogP contribution in [-0.4, -0.2) is 54.1 Å². The van der Waals surface area contributed by atoms with E-state index in [1.165, 1.54) is 4.90 Å². The number of likely N-dealkylation sites (N-methyl/N-ethyl adjacent to an activating group) is 1. The maximum absolute atomic E-state index is 11.6. The number of amides is 2. The Morgan fingerprint density at radius 1 is 1.35 bits per heavy atom. The van der Waals surface area contributed by atoms with Gasteiger partial charge in [0.1, 0.15) is 0 Å². The van der Waals surface area contributed by atoms with Gasteiger partial charge in [0.2, 0.25) is 11.8 Å². The third kappa shape index (κ3) is 5.14. The molecule has 0 rings (SSSR count). The van der Waals surface area contributed by atoms with Gasteiger partial charge in [-0.15, -0.1) is 0 Å². The Morgan fingerprint density at radius 2 is 1.88 bits per heavy atom. The Bertz CT molecular complexity index is 269. The predicted molar refractivity (Wildman–Crippen MR) is 65.1 cm³/mol. The first-order valence-electron chi connectivity index (χ1n) is 5.71. The smallest absolute Gasteiger partial charge is 0.242 e. The van der Waals surface area contributed by atoms with Gasteiger partial charge in [0.05, 0.1) is 25.2 Å². The molecule has 0 aromatic heterocycles. The SMILES string of the molecule is CC(C)[C@H](N)C(=O)NCC(=O)N(C)C(C)CO. The number of carbonyl (C=O) groups is 2. The van der Waals surface area contributed by atoms with Crippen LogP contribution in [0.25, 0.3) is 0 Å². The molecule has 6 nitrogen and oxygen atoms in total. The molecule has 0 heterocycles. The molecule has 0 radical (unpaired) electrons. The van der Waals surface area contributed by atoms with E-state index in [2.05, 4.69) is 5.32 Å². The molecule has 4 N–H and O–H groups in total. The molecule has 0 saturated carbocycles. The van der Waals surface area contributed by atoms with Crippen molar-refractivity contribution in [2.45, 2.75) is 32.9 Å². The fourth-order valence-corrected chi connectivity index (χ4v) is 1.08. The van der Waals surface area contributed by atoms with Crippen LogP contribution >= 0.6 is 0 Å². The number of hydrogen-bond acceptors (Lipinski definition) is 4. The summed E-state index contributed by atoms with van der Waals surface area (Å²) >= 11 is 0. The first-order chi connectivity index (χ1) is 7.81. The van der Waals surface area contributed by atoms with Gasteiger partial charge in [-0.1, -0.05) is 13.8 Å². The number of carbonyl (C=O) groups excluding carboxylic acids is 2. The molecule has 6 heteroatoms. The molecule has 0 aliphatic carbocycles. The maximum Gasteiger partial charge on any atom is 0.242 e. The molecular formula is C11H23N3O3. The number of aliphatic hydroxyl groups excluding tert-OH is 1. The largest absolute Gasteiger partial charge is 0.394 e. The second-order valence-electron chi connectivity index (χ2n) is 4.52. The average Bonchev–Trinajstić information content (AvgIpc) is 2.32. The van der Waals surface area contributed by atoms with E-state index in [1.54, 1.807) is 14.0 Å². The van der Waals surface area contributed by atoms with Gasteiger partial charge in [-0.2, -0.15) is 0 Å². The van der Waals surface area contributed by atoms with E-state index in [0.717, 1.165) is 0 Å². The van der Waals surface area contributed by atoms with Crippen molar-refractivity contribution >= 4 is 11.8 Å². The highest BCUT2D eigenvalue weighted by Gasteiger charge is 2.19. The minimum absolute atomic E-state index is 0.0270.